The summed E-state index contributed by atoms with van der Waals surface area (Å²) in [5, 5.41) is 12.3. The lowest BCUT2D eigenvalue weighted by atomic mass is 9.92. The Morgan fingerprint density at radius 3 is 1.57 bits per heavy atom. The van der Waals surface area contributed by atoms with Crippen molar-refractivity contribution in [3.05, 3.63) is 218 Å². The van der Waals surface area contributed by atoms with E-state index in [-0.39, 0.29) is 0 Å². The number of rotatable bonds is 6. The molecule has 0 spiro atoms. The normalized spacial score (nSPS) is 12.2. The van der Waals surface area contributed by atoms with E-state index in [1.807, 2.05) is 36.4 Å². The van der Waals surface area contributed by atoms with Gasteiger partial charge >= 0.3 is 0 Å². The fraction of sp³-hybridized carbons (Fsp3) is 0. The molecule has 0 saturated carbocycles. The van der Waals surface area contributed by atoms with E-state index < -0.39 is 0 Å². The maximum atomic E-state index is 5.21. The van der Waals surface area contributed by atoms with E-state index in [9.17, 15) is 0 Å². The first-order valence-electron chi connectivity index (χ1n) is 22.8. The number of fused-ring (bicyclic) bond motifs is 3. The first kappa shape index (κ1) is 36.2. The molecule has 0 N–H and O–H groups in total. The Balaban J connectivity index is 0.970. The van der Waals surface area contributed by atoms with Crippen molar-refractivity contribution in [3.63, 3.8) is 0 Å². The number of hydrogen-bond donors (Lipinski definition) is 0. The molecule has 0 bridgehead atoms. The molecule has 15 rings (SSSR count). The molecule has 67 heavy (non-hydrogen) atoms. The molecule has 310 valence electrons. The minimum Gasteiger partial charge on any atom is -0.309 e. The van der Waals surface area contributed by atoms with Crippen LogP contribution >= 0.6 is 0 Å². The second-order valence-electron chi connectivity index (χ2n) is 17.6. The number of para-hydroxylation sites is 2. The highest BCUT2D eigenvalue weighted by Gasteiger charge is 2.24. The molecule has 0 aliphatic rings. The number of hydrogen-bond acceptors (Lipinski definition) is 3. The lowest BCUT2D eigenvalue weighted by Crippen LogP contribution is -2.06. The average Bonchev–Trinajstić information content (AvgIpc) is 4.04. The summed E-state index contributed by atoms with van der Waals surface area (Å²) in [4.78, 5) is 15.4. The van der Waals surface area contributed by atoms with Crippen LogP contribution in [0.1, 0.15) is 0 Å². The molecular formula is C61H36N6. The van der Waals surface area contributed by atoms with Gasteiger partial charge in [0.15, 0.2) is 11.6 Å². The van der Waals surface area contributed by atoms with Crippen LogP contribution < -0.4 is 0 Å². The highest BCUT2D eigenvalue weighted by molar-refractivity contribution is 6.28. The number of benzene rings is 11. The minimum absolute atomic E-state index is 0.589. The molecule has 4 heterocycles. The molecule has 15 aromatic rings. The van der Waals surface area contributed by atoms with Gasteiger partial charge in [-0.1, -0.05) is 152 Å². The van der Waals surface area contributed by atoms with Crippen LogP contribution in [-0.4, -0.2) is 28.7 Å². The van der Waals surface area contributed by atoms with Crippen molar-refractivity contribution in [2.75, 3.05) is 0 Å². The first-order chi connectivity index (χ1) is 33.2. The SMILES string of the molecule is c1ccc(-c2nc(-c3ccccc3)nc(-n3c4cccc5ccc6c(-c7cc8ccc9cccc%10c9c8c(c7)n%10-c7ccc8c(c7)c7ccccc7n8-c7ccccc7)ccc3c6c54)n2)cc1. The van der Waals surface area contributed by atoms with Crippen molar-refractivity contribution in [3.8, 4) is 51.2 Å². The zero-order chi connectivity index (χ0) is 43.7. The van der Waals surface area contributed by atoms with Gasteiger partial charge in [-0.3, -0.25) is 4.57 Å². The van der Waals surface area contributed by atoms with Crippen molar-refractivity contribution in [2.45, 2.75) is 0 Å². The van der Waals surface area contributed by atoms with Gasteiger partial charge in [-0.25, -0.2) is 4.98 Å². The maximum absolute atomic E-state index is 5.21. The highest BCUT2D eigenvalue weighted by atomic mass is 15.2. The Morgan fingerprint density at radius 1 is 0.269 bits per heavy atom. The van der Waals surface area contributed by atoms with E-state index in [1.165, 1.54) is 87.1 Å². The monoisotopic (exact) mass is 852 g/mol. The van der Waals surface area contributed by atoms with Gasteiger partial charge in [0, 0.05) is 54.8 Å². The molecule has 0 aliphatic heterocycles. The van der Waals surface area contributed by atoms with E-state index in [0.29, 0.717) is 17.6 Å². The molecule has 0 aliphatic carbocycles. The van der Waals surface area contributed by atoms with Crippen LogP contribution in [0.2, 0.25) is 0 Å². The largest absolute Gasteiger partial charge is 0.309 e. The molecule has 6 nitrogen and oxygen atoms in total. The minimum atomic E-state index is 0.589. The Labute approximate surface area is 383 Å². The van der Waals surface area contributed by atoms with Crippen molar-refractivity contribution in [2.24, 2.45) is 0 Å². The first-order valence-corrected chi connectivity index (χ1v) is 22.8. The summed E-state index contributed by atoms with van der Waals surface area (Å²) >= 11 is 0. The smallest absolute Gasteiger partial charge is 0.238 e. The second kappa shape index (κ2) is 13.7. The zero-order valence-corrected chi connectivity index (χ0v) is 36.0. The molecule has 0 saturated heterocycles. The third-order valence-corrected chi connectivity index (χ3v) is 14.0. The van der Waals surface area contributed by atoms with Crippen molar-refractivity contribution >= 4 is 87.0 Å². The molecule has 0 radical (unpaired) electrons. The average molecular weight is 853 g/mol. The lowest BCUT2D eigenvalue weighted by molar-refractivity contribution is 0.954. The van der Waals surface area contributed by atoms with Crippen LogP contribution in [0.25, 0.3) is 138 Å². The molecule has 11 aromatic carbocycles. The molecule has 0 fully saturated rings. The third kappa shape index (κ3) is 5.18. The van der Waals surface area contributed by atoms with Crippen LogP contribution in [0.5, 0.6) is 0 Å². The Bertz CT molecular complexity index is 4370. The standard InChI is InChI=1S/C61H36N6/c1-4-14-39(15-5-1)59-62-60(40-16-6-2-7-17-40)64-61(63-59)67-52-25-13-19-38-28-30-47-45(31-33-53(67)58(47)56(38)52)42-34-41-27-26-37-18-12-24-51-55(37)57(41)54(35-42)66(51)44-29-32-50-48(36-44)46-22-10-11-23-49(46)65(50)43-20-8-3-9-21-43/h1-36H. The number of nitrogens with zero attached hydrogens (tertiary/aromatic N) is 6. The summed E-state index contributed by atoms with van der Waals surface area (Å²) < 4.78 is 7.10. The van der Waals surface area contributed by atoms with Crippen LogP contribution in [0.15, 0.2) is 218 Å². The summed E-state index contributed by atoms with van der Waals surface area (Å²) in [5.41, 5.74) is 13.4. The third-order valence-electron chi connectivity index (χ3n) is 14.0. The fourth-order valence-corrected chi connectivity index (χ4v) is 11.1. The van der Waals surface area contributed by atoms with Gasteiger partial charge in [0.25, 0.3) is 0 Å². The fourth-order valence-electron chi connectivity index (χ4n) is 11.1. The Hall–Kier alpha value is -9.13. The maximum Gasteiger partial charge on any atom is 0.238 e. The van der Waals surface area contributed by atoms with Crippen LogP contribution in [0.4, 0.5) is 0 Å². The van der Waals surface area contributed by atoms with Crippen molar-refractivity contribution in [1.82, 2.24) is 28.7 Å². The van der Waals surface area contributed by atoms with E-state index >= 15 is 0 Å². The van der Waals surface area contributed by atoms with Crippen molar-refractivity contribution in [1.29, 1.82) is 0 Å². The van der Waals surface area contributed by atoms with Gasteiger partial charge in [-0.2, -0.15) is 9.97 Å². The summed E-state index contributed by atoms with van der Waals surface area (Å²) in [5.74, 6) is 1.86. The molecule has 4 aromatic heterocycles. The molecule has 0 unspecified atom stereocenters. The van der Waals surface area contributed by atoms with Crippen molar-refractivity contribution < 1.29 is 0 Å². The second-order valence-corrected chi connectivity index (χ2v) is 17.6. The topological polar surface area (TPSA) is 53.5 Å². The highest BCUT2D eigenvalue weighted by Crippen LogP contribution is 2.46. The van der Waals surface area contributed by atoms with Gasteiger partial charge in [-0.15, -0.1) is 0 Å². The number of aromatic nitrogens is 6. The van der Waals surface area contributed by atoms with E-state index in [0.717, 1.165) is 33.5 Å². The summed E-state index contributed by atoms with van der Waals surface area (Å²) in [6.07, 6.45) is 0. The van der Waals surface area contributed by atoms with Gasteiger partial charge < -0.3 is 9.13 Å². The van der Waals surface area contributed by atoms with Crippen LogP contribution in [-0.2, 0) is 0 Å². The summed E-state index contributed by atoms with van der Waals surface area (Å²) in [7, 11) is 0. The summed E-state index contributed by atoms with van der Waals surface area (Å²) in [6, 6.07) is 78.6. The predicted octanol–water partition coefficient (Wildman–Crippen LogP) is 15.3. The molecule has 6 heteroatoms. The Morgan fingerprint density at radius 2 is 0.821 bits per heavy atom. The van der Waals surface area contributed by atoms with Gasteiger partial charge in [0.1, 0.15) is 0 Å². The van der Waals surface area contributed by atoms with Crippen LogP contribution in [0, 0.1) is 0 Å². The van der Waals surface area contributed by atoms with E-state index in [2.05, 4.69) is 196 Å². The van der Waals surface area contributed by atoms with Crippen LogP contribution in [0.3, 0.4) is 0 Å². The van der Waals surface area contributed by atoms with Gasteiger partial charge in [-0.05, 0) is 99.4 Å². The zero-order valence-electron chi connectivity index (χ0n) is 36.0. The van der Waals surface area contributed by atoms with Gasteiger partial charge in [0.05, 0.1) is 33.1 Å². The molecule has 0 atom stereocenters. The van der Waals surface area contributed by atoms with E-state index in [4.69, 9.17) is 15.0 Å². The molecular weight excluding hydrogens is 817 g/mol. The van der Waals surface area contributed by atoms with E-state index in [1.54, 1.807) is 0 Å². The summed E-state index contributed by atoms with van der Waals surface area (Å²) in [6.45, 7) is 0. The molecule has 0 amide bonds. The van der Waals surface area contributed by atoms with Gasteiger partial charge in [0.2, 0.25) is 5.95 Å². The predicted molar refractivity (Wildman–Crippen MR) is 277 cm³/mol. The quantitative estimate of drug-likeness (QED) is 0.157. The Kier molecular flexibility index (Phi) is 7.40. The lowest BCUT2D eigenvalue weighted by Gasteiger charge is -2.13.